The number of hydrogen-bond donors (Lipinski definition) is 0. The van der Waals surface area contributed by atoms with Crippen LogP contribution in [0.1, 0.15) is 105 Å². The van der Waals surface area contributed by atoms with Gasteiger partial charge in [-0.05, 0) is 83.0 Å². The highest BCUT2D eigenvalue weighted by Gasteiger charge is 2.53. The Kier molecular flexibility index (Phi) is 9.48. The van der Waals surface area contributed by atoms with Crippen LogP contribution in [0.3, 0.4) is 0 Å². The molecule has 0 amide bonds. The van der Waals surface area contributed by atoms with Gasteiger partial charge in [-0.2, -0.15) is 0 Å². The van der Waals surface area contributed by atoms with E-state index in [0.29, 0.717) is 37.0 Å². The molecule has 0 aliphatic heterocycles. The molecule has 8 nitrogen and oxygen atoms in total. The summed E-state index contributed by atoms with van der Waals surface area (Å²) in [6.07, 6.45) is 8.50. The number of esters is 4. The van der Waals surface area contributed by atoms with Crippen LogP contribution >= 0.6 is 0 Å². The Morgan fingerprint density at radius 2 is 1.29 bits per heavy atom. The molecule has 4 aliphatic carbocycles. The van der Waals surface area contributed by atoms with Gasteiger partial charge in [0.2, 0.25) is 0 Å². The molecule has 0 aromatic rings. The first kappa shape index (κ1) is 29.9. The molecule has 4 aliphatic rings. The van der Waals surface area contributed by atoms with Crippen LogP contribution in [0.25, 0.3) is 0 Å². The van der Waals surface area contributed by atoms with Gasteiger partial charge in [-0.25, -0.2) is 0 Å². The van der Waals surface area contributed by atoms with E-state index in [2.05, 4.69) is 13.2 Å². The van der Waals surface area contributed by atoms with E-state index in [4.69, 9.17) is 18.9 Å². The molecule has 212 valence electrons. The van der Waals surface area contributed by atoms with E-state index in [9.17, 15) is 19.2 Å². The van der Waals surface area contributed by atoms with Crippen LogP contribution in [-0.2, 0) is 38.1 Å². The lowest BCUT2D eigenvalue weighted by molar-refractivity contribution is -0.190. The van der Waals surface area contributed by atoms with Crippen LogP contribution in [0.4, 0.5) is 0 Å². The summed E-state index contributed by atoms with van der Waals surface area (Å²) in [7, 11) is 0. The zero-order valence-corrected chi connectivity index (χ0v) is 23.5. The van der Waals surface area contributed by atoms with Crippen molar-refractivity contribution < 1.29 is 38.1 Å². The molecule has 4 bridgehead atoms. The SMILES string of the molecule is C=CCC(C)(CC)OC(=O)CC(=O)OC(=C)CC(C)(CC)OC(=O)CC(=O)OC12CC3CC(CC(C3)C1)C2. The average molecular weight is 533 g/mol. The fraction of sp³-hybridized carbons (Fsp3) is 0.733. The van der Waals surface area contributed by atoms with Gasteiger partial charge in [-0.15, -0.1) is 6.58 Å². The van der Waals surface area contributed by atoms with Gasteiger partial charge in [-0.1, -0.05) is 26.5 Å². The Balaban J connectivity index is 1.44. The van der Waals surface area contributed by atoms with Crippen LogP contribution in [0.2, 0.25) is 0 Å². The molecule has 0 N–H and O–H groups in total. The third-order valence-corrected chi connectivity index (χ3v) is 8.51. The third-order valence-electron chi connectivity index (χ3n) is 8.51. The molecule has 4 saturated carbocycles. The van der Waals surface area contributed by atoms with Crippen molar-refractivity contribution in [1.29, 1.82) is 0 Å². The standard InChI is InChI=1S/C30H44O8/c1-7-10-28(5,8-2)36-25(32)14-24(31)35-20(4)16-29(6,9-3)37-26(33)15-27(34)38-30-17-21-11-22(18-30)13-23(12-21)19-30/h7,21-23H,1,4,8-19H2,2-3,5-6H3. The molecule has 0 aromatic heterocycles. The number of carbonyl (C=O) groups is 4. The summed E-state index contributed by atoms with van der Waals surface area (Å²) in [6, 6.07) is 0. The minimum absolute atomic E-state index is 0.0309. The van der Waals surface area contributed by atoms with Gasteiger partial charge in [0.05, 0.1) is 0 Å². The van der Waals surface area contributed by atoms with E-state index >= 15 is 0 Å². The predicted octanol–water partition coefficient (Wildman–Crippen LogP) is 5.73. The zero-order chi connectivity index (χ0) is 28.1. The highest BCUT2D eigenvalue weighted by Crippen LogP contribution is 2.57. The molecule has 4 fully saturated rings. The normalized spacial score (nSPS) is 28.4. The average Bonchev–Trinajstić information content (AvgIpc) is 2.76. The van der Waals surface area contributed by atoms with Crippen LogP contribution in [0.5, 0.6) is 0 Å². The summed E-state index contributed by atoms with van der Waals surface area (Å²) < 4.78 is 22.2. The van der Waals surface area contributed by atoms with Gasteiger partial charge in [0.25, 0.3) is 0 Å². The maximum absolute atomic E-state index is 12.7. The van der Waals surface area contributed by atoms with E-state index < -0.39 is 53.5 Å². The quantitative estimate of drug-likeness (QED) is 0.0919. The van der Waals surface area contributed by atoms with Crippen molar-refractivity contribution in [3.63, 3.8) is 0 Å². The highest BCUT2D eigenvalue weighted by atomic mass is 16.6. The second-order valence-electron chi connectivity index (χ2n) is 12.2. The molecule has 4 rings (SSSR count). The molecule has 0 saturated heterocycles. The second kappa shape index (κ2) is 12.0. The maximum Gasteiger partial charge on any atom is 0.322 e. The Hall–Kier alpha value is -2.64. The first-order chi connectivity index (χ1) is 17.8. The number of rotatable bonds is 14. The van der Waals surface area contributed by atoms with E-state index in [1.165, 1.54) is 19.3 Å². The summed E-state index contributed by atoms with van der Waals surface area (Å²) in [5.74, 6) is -0.796. The monoisotopic (exact) mass is 532 g/mol. The number of ether oxygens (including phenoxy) is 4. The molecule has 2 unspecified atom stereocenters. The minimum Gasteiger partial charge on any atom is -0.459 e. The van der Waals surface area contributed by atoms with Crippen molar-refractivity contribution >= 4 is 23.9 Å². The van der Waals surface area contributed by atoms with E-state index in [-0.39, 0.29) is 12.2 Å². The van der Waals surface area contributed by atoms with Crippen LogP contribution in [0, 0.1) is 17.8 Å². The van der Waals surface area contributed by atoms with Crippen molar-refractivity contribution in [3.05, 3.63) is 25.0 Å². The summed E-state index contributed by atoms with van der Waals surface area (Å²) in [4.78, 5) is 49.8. The summed E-state index contributed by atoms with van der Waals surface area (Å²) in [5.41, 5.74) is -2.19. The van der Waals surface area contributed by atoms with Crippen LogP contribution in [0.15, 0.2) is 25.0 Å². The topological polar surface area (TPSA) is 105 Å². The van der Waals surface area contributed by atoms with Gasteiger partial charge in [0.1, 0.15) is 35.4 Å². The summed E-state index contributed by atoms with van der Waals surface area (Å²) in [6.45, 7) is 14.6. The van der Waals surface area contributed by atoms with Crippen molar-refractivity contribution in [1.82, 2.24) is 0 Å². The van der Waals surface area contributed by atoms with Crippen molar-refractivity contribution in [2.75, 3.05) is 0 Å². The molecule has 0 radical (unpaired) electrons. The molecule has 8 heteroatoms. The lowest BCUT2D eigenvalue weighted by Gasteiger charge is -2.55. The Labute approximate surface area is 226 Å². The van der Waals surface area contributed by atoms with E-state index in [0.717, 1.165) is 19.3 Å². The number of hydrogen-bond acceptors (Lipinski definition) is 8. The van der Waals surface area contributed by atoms with Gasteiger partial charge in [0.15, 0.2) is 0 Å². The van der Waals surface area contributed by atoms with Gasteiger partial charge in [-0.3, -0.25) is 19.2 Å². The Bertz CT molecular complexity index is 917. The van der Waals surface area contributed by atoms with Gasteiger partial charge < -0.3 is 18.9 Å². The summed E-state index contributed by atoms with van der Waals surface area (Å²) >= 11 is 0. The minimum atomic E-state index is -1.04. The predicted molar refractivity (Wildman–Crippen MR) is 140 cm³/mol. The van der Waals surface area contributed by atoms with Crippen molar-refractivity contribution in [2.45, 2.75) is 122 Å². The maximum atomic E-state index is 12.7. The smallest absolute Gasteiger partial charge is 0.322 e. The highest BCUT2D eigenvalue weighted by molar-refractivity contribution is 5.92. The molecule has 0 aromatic carbocycles. The van der Waals surface area contributed by atoms with E-state index in [1.807, 2.05) is 13.8 Å². The molecular formula is C30H44O8. The van der Waals surface area contributed by atoms with Crippen molar-refractivity contribution in [3.8, 4) is 0 Å². The second-order valence-corrected chi connectivity index (χ2v) is 12.2. The Morgan fingerprint density at radius 1 is 0.816 bits per heavy atom. The van der Waals surface area contributed by atoms with Crippen molar-refractivity contribution in [2.24, 2.45) is 17.8 Å². The van der Waals surface area contributed by atoms with Crippen LogP contribution in [-0.4, -0.2) is 40.7 Å². The Morgan fingerprint density at radius 3 is 1.76 bits per heavy atom. The van der Waals surface area contributed by atoms with Crippen LogP contribution < -0.4 is 0 Å². The van der Waals surface area contributed by atoms with Gasteiger partial charge >= 0.3 is 23.9 Å². The lowest BCUT2D eigenvalue weighted by Crippen LogP contribution is -2.52. The molecule has 0 spiro atoms. The fourth-order valence-corrected chi connectivity index (χ4v) is 6.74. The largest absolute Gasteiger partial charge is 0.459 e. The molecule has 2 atom stereocenters. The number of carbonyl (C=O) groups excluding carboxylic acids is 4. The van der Waals surface area contributed by atoms with Gasteiger partial charge in [0, 0.05) is 12.8 Å². The van der Waals surface area contributed by atoms with E-state index in [1.54, 1.807) is 19.9 Å². The third kappa shape index (κ3) is 7.93. The zero-order valence-electron chi connectivity index (χ0n) is 23.5. The molecular weight excluding hydrogens is 488 g/mol. The first-order valence-electron chi connectivity index (χ1n) is 14.0. The molecule has 38 heavy (non-hydrogen) atoms. The first-order valence-corrected chi connectivity index (χ1v) is 14.0. The fourth-order valence-electron chi connectivity index (χ4n) is 6.74. The summed E-state index contributed by atoms with van der Waals surface area (Å²) in [5, 5.41) is 0. The molecule has 0 heterocycles. The lowest BCUT2D eigenvalue weighted by atomic mass is 9.54.